The predicted octanol–water partition coefficient (Wildman–Crippen LogP) is 3.44. The van der Waals surface area contributed by atoms with E-state index in [-0.39, 0.29) is 0 Å². The summed E-state index contributed by atoms with van der Waals surface area (Å²) in [6.45, 7) is 5.15. The van der Waals surface area contributed by atoms with Crippen LogP contribution >= 0.6 is 11.6 Å². The van der Waals surface area contributed by atoms with E-state index in [9.17, 15) is 0 Å². The normalized spacial score (nSPS) is 13.3. The molecule has 0 bridgehead atoms. The molecule has 1 atom stereocenters. The van der Waals surface area contributed by atoms with Gasteiger partial charge in [-0.1, -0.05) is 42.0 Å². The number of nitrogens with one attached hydrogen (secondary N) is 1. The first kappa shape index (κ1) is 12.3. The molecule has 0 fully saturated rings. The highest BCUT2D eigenvalue weighted by atomic mass is 35.5. The van der Waals surface area contributed by atoms with E-state index in [0.717, 1.165) is 6.54 Å². The maximum atomic E-state index is 5.54. The summed E-state index contributed by atoms with van der Waals surface area (Å²) in [6.07, 6.45) is 4.01. The van der Waals surface area contributed by atoms with Crippen molar-refractivity contribution in [2.45, 2.75) is 19.9 Å². The number of halogens is 1. The minimum atomic E-state index is 0.380. The minimum absolute atomic E-state index is 0.380. The van der Waals surface area contributed by atoms with Crippen LogP contribution in [-0.2, 0) is 0 Å². The van der Waals surface area contributed by atoms with Crippen LogP contribution in [0.3, 0.4) is 0 Å². The maximum absolute atomic E-state index is 5.54. The van der Waals surface area contributed by atoms with Gasteiger partial charge < -0.3 is 5.32 Å². The van der Waals surface area contributed by atoms with E-state index in [1.54, 1.807) is 0 Å². The van der Waals surface area contributed by atoms with E-state index in [1.165, 1.54) is 11.1 Å². The van der Waals surface area contributed by atoms with Crippen LogP contribution in [0.25, 0.3) is 0 Å². The van der Waals surface area contributed by atoms with Gasteiger partial charge in [-0.15, -0.1) is 11.6 Å². The predicted molar refractivity (Wildman–Crippen MR) is 67.5 cm³/mol. The molecule has 0 aliphatic heterocycles. The van der Waals surface area contributed by atoms with Crippen molar-refractivity contribution in [3.05, 3.63) is 47.5 Å². The van der Waals surface area contributed by atoms with Crippen LogP contribution in [0.2, 0.25) is 0 Å². The van der Waals surface area contributed by atoms with Crippen molar-refractivity contribution in [2.24, 2.45) is 0 Å². The molecule has 1 aromatic rings. The van der Waals surface area contributed by atoms with Crippen molar-refractivity contribution in [1.82, 2.24) is 5.32 Å². The lowest BCUT2D eigenvalue weighted by molar-refractivity contribution is 0.617. The molecule has 0 radical (unpaired) electrons. The summed E-state index contributed by atoms with van der Waals surface area (Å²) in [4.78, 5) is 0. The van der Waals surface area contributed by atoms with E-state index in [1.807, 2.05) is 6.08 Å². The molecule has 0 amide bonds. The Bertz CT molecular complexity index is 320. The Labute approximate surface area is 97.1 Å². The second-order valence-electron chi connectivity index (χ2n) is 3.67. The first-order chi connectivity index (χ1) is 7.24. The quantitative estimate of drug-likeness (QED) is 0.596. The highest BCUT2D eigenvalue weighted by Crippen LogP contribution is 2.13. The monoisotopic (exact) mass is 223 g/mol. The van der Waals surface area contributed by atoms with Crippen molar-refractivity contribution in [3.63, 3.8) is 0 Å². The first-order valence-electron chi connectivity index (χ1n) is 5.25. The van der Waals surface area contributed by atoms with Gasteiger partial charge in [0.05, 0.1) is 0 Å². The van der Waals surface area contributed by atoms with E-state index in [2.05, 4.69) is 49.5 Å². The molecule has 1 nitrogen and oxygen atoms in total. The Morgan fingerprint density at radius 1 is 1.40 bits per heavy atom. The summed E-state index contributed by atoms with van der Waals surface area (Å²) >= 11 is 5.54. The van der Waals surface area contributed by atoms with Crippen LogP contribution in [0, 0.1) is 6.92 Å². The van der Waals surface area contributed by atoms with Crippen molar-refractivity contribution in [3.8, 4) is 0 Å². The summed E-state index contributed by atoms with van der Waals surface area (Å²) < 4.78 is 0. The SMILES string of the molecule is Cc1cccc([C@@H](C)NC/C=C/CCl)c1. The molecule has 0 aromatic heterocycles. The van der Waals surface area contributed by atoms with Gasteiger partial charge in [-0.2, -0.15) is 0 Å². The van der Waals surface area contributed by atoms with E-state index >= 15 is 0 Å². The van der Waals surface area contributed by atoms with Crippen molar-refractivity contribution < 1.29 is 0 Å². The lowest BCUT2D eigenvalue weighted by atomic mass is 10.1. The summed E-state index contributed by atoms with van der Waals surface area (Å²) in [7, 11) is 0. The Morgan fingerprint density at radius 2 is 2.20 bits per heavy atom. The molecule has 0 spiro atoms. The summed E-state index contributed by atoms with van der Waals surface area (Å²) in [5.74, 6) is 0.584. The number of allylic oxidation sites excluding steroid dienone is 1. The van der Waals surface area contributed by atoms with E-state index in [0.29, 0.717) is 11.9 Å². The summed E-state index contributed by atoms with van der Waals surface area (Å²) in [5.41, 5.74) is 2.63. The van der Waals surface area contributed by atoms with Crippen LogP contribution in [0.4, 0.5) is 0 Å². The molecule has 15 heavy (non-hydrogen) atoms. The Hall–Kier alpha value is -0.790. The van der Waals surface area contributed by atoms with E-state index < -0.39 is 0 Å². The molecule has 1 aromatic carbocycles. The molecule has 0 unspecified atom stereocenters. The van der Waals surface area contributed by atoms with Crippen LogP contribution in [0.5, 0.6) is 0 Å². The second-order valence-corrected chi connectivity index (χ2v) is 3.98. The zero-order valence-corrected chi connectivity index (χ0v) is 10.1. The third-order valence-corrected chi connectivity index (χ3v) is 2.52. The fraction of sp³-hybridized carbons (Fsp3) is 0.385. The van der Waals surface area contributed by atoms with Gasteiger partial charge in [0.2, 0.25) is 0 Å². The largest absolute Gasteiger partial charge is 0.307 e. The Balaban J connectivity index is 2.46. The Morgan fingerprint density at radius 3 is 2.87 bits per heavy atom. The van der Waals surface area contributed by atoms with Crippen LogP contribution in [0.1, 0.15) is 24.1 Å². The van der Waals surface area contributed by atoms with Crippen molar-refractivity contribution >= 4 is 11.6 Å². The van der Waals surface area contributed by atoms with Gasteiger partial charge in [0.1, 0.15) is 0 Å². The number of benzene rings is 1. The topological polar surface area (TPSA) is 12.0 Å². The van der Waals surface area contributed by atoms with Crippen LogP contribution in [0.15, 0.2) is 36.4 Å². The molecule has 0 saturated heterocycles. The molecule has 82 valence electrons. The van der Waals surface area contributed by atoms with Gasteiger partial charge in [-0.05, 0) is 19.4 Å². The molecule has 1 N–H and O–H groups in total. The fourth-order valence-electron chi connectivity index (χ4n) is 1.45. The van der Waals surface area contributed by atoms with Gasteiger partial charge in [0.25, 0.3) is 0 Å². The van der Waals surface area contributed by atoms with Gasteiger partial charge in [-0.25, -0.2) is 0 Å². The van der Waals surface area contributed by atoms with Crippen molar-refractivity contribution in [1.29, 1.82) is 0 Å². The third kappa shape index (κ3) is 4.50. The van der Waals surface area contributed by atoms with Crippen LogP contribution < -0.4 is 5.32 Å². The average molecular weight is 224 g/mol. The number of hydrogen-bond acceptors (Lipinski definition) is 1. The molecule has 0 aliphatic carbocycles. The van der Waals surface area contributed by atoms with Gasteiger partial charge >= 0.3 is 0 Å². The molecule has 0 aliphatic rings. The summed E-state index contributed by atoms with van der Waals surface area (Å²) in [5, 5.41) is 3.42. The molecular formula is C13H18ClN. The average Bonchev–Trinajstić information content (AvgIpc) is 2.24. The van der Waals surface area contributed by atoms with Gasteiger partial charge in [0.15, 0.2) is 0 Å². The van der Waals surface area contributed by atoms with Gasteiger partial charge in [0, 0.05) is 18.5 Å². The molecule has 0 saturated carbocycles. The molecular weight excluding hydrogens is 206 g/mol. The minimum Gasteiger partial charge on any atom is -0.307 e. The molecule has 2 heteroatoms. The maximum Gasteiger partial charge on any atom is 0.0404 e. The zero-order valence-electron chi connectivity index (χ0n) is 9.33. The summed E-state index contributed by atoms with van der Waals surface area (Å²) in [6, 6.07) is 8.95. The third-order valence-electron chi connectivity index (χ3n) is 2.34. The van der Waals surface area contributed by atoms with Crippen LogP contribution in [-0.4, -0.2) is 12.4 Å². The first-order valence-corrected chi connectivity index (χ1v) is 5.78. The zero-order chi connectivity index (χ0) is 11.1. The van der Waals surface area contributed by atoms with E-state index in [4.69, 9.17) is 11.6 Å². The Kier molecular flexibility index (Phi) is 5.44. The smallest absolute Gasteiger partial charge is 0.0404 e. The van der Waals surface area contributed by atoms with Gasteiger partial charge in [-0.3, -0.25) is 0 Å². The molecule has 0 heterocycles. The second kappa shape index (κ2) is 6.65. The lowest BCUT2D eigenvalue weighted by Crippen LogP contribution is -2.18. The number of rotatable bonds is 5. The number of alkyl halides is 1. The standard InChI is InChI=1S/C13H18ClN/c1-11-6-5-7-13(10-11)12(2)15-9-4-3-8-14/h3-7,10,12,15H,8-9H2,1-2H3/b4-3+/t12-/m1/s1. The highest BCUT2D eigenvalue weighted by molar-refractivity contribution is 6.18. The van der Waals surface area contributed by atoms with Crippen molar-refractivity contribution in [2.75, 3.05) is 12.4 Å². The number of aryl methyl sites for hydroxylation is 1. The lowest BCUT2D eigenvalue weighted by Gasteiger charge is -2.13. The number of hydrogen-bond donors (Lipinski definition) is 1. The highest BCUT2D eigenvalue weighted by Gasteiger charge is 2.02. The molecule has 1 rings (SSSR count). The fourth-order valence-corrected chi connectivity index (χ4v) is 1.57.